The largest absolute Gasteiger partial charge is 0.351 e. The van der Waals surface area contributed by atoms with E-state index in [4.69, 9.17) is 0 Å². The number of hydrogen-bond donors (Lipinski definition) is 1. The number of hydrogen-bond acceptors (Lipinski definition) is 2. The van der Waals surface area contributed by atoms with Crippen LogP contribution in [0.4, 0.5) is 5.95 Å². The van der Waals surface area contributed by atoms with Gasteiger partial charge in [-0.15, -0.1) is 0 Å². The van der Waals surface area contributed by atoms with Crippen molar-refractivity contribution < 1.29 is 0 Å². The highest BCUT2D eigenvalue weighted by Gasteiger charge is 2.17. The van der Waals surface area contributed by atoms with Crippen molar-refractivity contribution in [2.24, 2.45) is 0 Å². The second-order valence-corrected chi connectivity index (χ2v) is 4.76. The summed E-state index contributed by atoms with van der Waals surface area (Å²) in [7, 11) is 0. The lowest BCUT2D eigenvalue weighted by Crippen LogP contribution is -2.31. The Hall–Kier alpha value is -0.990. The highest BCUT2D eigenvalue weighted by molar-refractivity contribution is 5.32. The molecule has 0 fully saturated rings. The van der Waals surface area contributed by atoms with E-state index in [2.05, 4.69) is 48.8 Å². The molecule has 1 N–H and O–H groups in total. The first kappa shape index (κ1) is 12.1. The number of imidazole rings is 1. The molecule has 0 amide bonds. The smallest absolute Gasteiger partial charge is 0.203 e. The van der Waals surface area contributed by atoms with Gasteiger partial charge in [0, 0.05) is 18.3 Å². The zero-order valence-corrected chi connectivity index (χ0v) is 10.6. The molecule has 0 atom stereocenters. The standard InChI is InChI=1S/C12H23N3/c1-6-8-15-9-10(3)13-11(15)14-12(4,5)7-2/h9H,6-8H2,1-5H3,(H,13,14). The van der Waals surface area contributed by atoms with Crippen molar-refractivity contribution in [3.8, 4) is 0 Å². The molecule has 86 valence electrons. The average Bonchev–Trinajstić information content (AvgIpc) is 2.47. The summed E-state index contributed by atoms with van der Waals surface area (Å²) in [6.45, 7) is 11.8. The third-order valence-electron chi connectivity index (χ3n) is 2.70. The van der Waals surface area contributed by atoms with Crippen LogP contribution in [0.3, 0.4) is 0 Å². The van der Waals surface area contributed by atoms with Gasteiger partial charge < -0.3 is 9.88 Å². The van der Waals surface area contributed by atoms with E-state index in [0.29, 0.717) is 0 Å². The van der Waals surface area contributed by atoms with E-state index >= 15 is 0 Å². The van der Waals surface area contributed by atoms with E-state index in [1.54, 1.807) is 0 Å². The van der Waals surface area contributed by atoms with Gasteiger partial charge >= 0.3 is 0 Å². The number of aryl methyl sites for hydroxylation is 2. The monoisotopic (exact) mass is 209 g/mol. The summed E-state index contributed by atoms with van der Waals surface area (Å²) in [5, 5.41) is 3.49. The molecule has 1 aromatic heterocycles. The van der Waals surface area contributed by atoms with Gasteiger partial charge in [0.1, 0.15) is 0 Å². The third kappa shape index (κ3) is 3.26. The summed E-state index contributed by atoms with van der Waals surface area (Å²) in [5.74, 6) is 1.00. The van der Waals surface area contributed by atoms with E-state index in [-0.39, 0.29) is 5.54 Å². The molecule has 0 aliphatic rings. The number of anilines is 1. The molecule has 0 aliphatic carbocycles. The average molecular weight is 209 g/mol. The van der Waals surface area contributed by atoms with Gasteiger partial charge in [-0.2, -0.15) is 0 Å². The molecular weight excluding hydrogens is 186 g/mol. The molecule has 0 unspecified atom stereocenters. The molecule has 0 saturated carbocycles. The Bertz CT molecular complexity index is 313. The molecule has 0 spiro atoms. The molecule has 0 radical (unpaired) electrons. The van der Waals surface area contributed by atoms with Gasteiger partial charge in [0.25, 0.3) is 0 Å². The zero-order valence-electron chi connectivity index (χ0n) is 10.6. The normalized spacial score (nSPS) is 11.8. The van der Waals surface area contributed by atoms with Gasteiger partial charge in [0.05, 0.1) is 5.69 Å². The first-order valence-corrected chi connectivity index (χ1v) is 5.80. The second-order valence-electron chi connectivity index (χ2n) is 4.76. The van der Waals surface area contributed by atoms with Gasteiger partial charge in [-0.3, -0.25) is 0 Å². The van der Waals surface area contributed by atoms with E-state index in [9.17, 15) is 0 Å². The Morgan fingerprint density at radius 2 is 2.07 bits per heavy atom. The zero-order chi connectivity index (χ0) is 11.5. The maximum atomic E-state index is 4.51. The topological polar surface area (TPSA) is 29.9 Å². The molecule has 0 bridgehead atoms. The van der Waals surface area contributed by atoms with Crippen LogP contribution in [-0.4, -0.2) is 15.1 Å². The summed E-state index contributed by atoms with van der Waals surface area (Å²) >= 11 is 0. The Kier molecular flexibility index (Phi) is 3.77. The van der Waals surface area contributed by atoms with Crippen LogP contribution < -0.4 is 5.32 Å². The van der Waals surface area contributed by atoms with E-state index in [1.165, 1.54) is 0 Å². The Morgan fingerprint density at radius 3 is 2.60 bits per heavy atom. The second kappa shape index (κ2) is 4.69. The van der Waals surface area contributed by atoms with Crippen LogP contribution in [0.5, 0.6) is 0 Å². The Balaban J connectivity index is 2.83. The van der Waals surface area contributed by atoms with Crippen molar-refractivity contribution in [2.45, 2.75) is 59.5 Å². The van der Waals surface area contributed by atoms with E-state index in [0.717, 1.165) is 31.0 Å². The molecule has 3 nitrogen and oxygen atoms in total. The van der Waals surface area contributed by atoms with Crippen molar-refractivity contribution >= 4 is 5.95 Å². The highest BCUT2D eigenvalue weighted by Crippen LogP contribution is 2.17. The lowest BCUT2D eigenvalue weighted by Gasteiger charge is -2.25. The van der Waals surface area contributed by atoms with Gasteiger partial charge in [-0.25, -0.2) is 4.98 Å². The highest BCUT2D eigenvalue weighted by atomic mass is 15.2. The minimum Gasteiger partial charge on any atom is -0.351 e. The summed E-state index contributed by atoms with van der Waals surface area (Å²) in [6.07, 6.45) is 4.33. The van der Waals surface area contributed by atoms with Gasteiger partial charge in [0.2, 0.25) is 5.95 Å². The fraction of sp³-hybridized carbons (Fsp3) is 0.750. The van der Waals surface area contributed by atoms with Crippen molar-refractivity contribution in [1.82, 2.24) is 9.55 Å². The molecule has 1 heterocycles. The van der Waals surface area contributed by atoms with Crippen LogP contribution in [-0.2, 0) is 6.54 Å². The van der Waals surface area contributed by atoms with Crippen molar-refractivity contribution in [3.05, 3.63) is 11.9 Å². The molecule has 0 aliphatic heterocycles. The molecule has 1 rings (SSSR count). The summed E-state index contributed by atoms with van der Waals surface area (Å²) in [4.78, 5) is 4.51. The van der Waals surface area contributed by atoms with Gasteiger partial charge in [-0.05, 0) is 33.6 Å². The summed E-state index contributed by atoms with van der Waals surface area (Å²) in [5.41, 5.74) is 1.20. The van der Waals surface area contributed by atoms with Crippen LogP contribution >= 0.6 is 0 Å². The van der Waals surface area contributed by atoms with Crippen molar-refractivity contribution in [1.29, 1.82) is 0 Å². The predicted octanol–water partition coefficient (Wildman–Crippen LogP) is 3.20. The van der Waals surface area contributed by atoms with Crippen LogP contribution in [0.25, 0.3) is 0 Å². The minimum atomic E-state index is 0.114. The van der Waals surface area contributed by atoms with Crippen LogP contribution in [0, 0.1) is 6.92 Å². The SMILES string of the molecule is CCCn1cc(C)nc1NC(C)(C)CC. The first-order chi connectivity index (χ1) is 6.98. The fourth-order valence-electron chi connectivity index (χ4n) is 1.45. The van der Waals surface area contributed by atoms with Crippen LogP contribution in [0.2, 0.25) is 0 Å². The predicted molar refractivity (Wildman–Crippen MR) is 65.2 cm³/mol. The number of rotatable bonds is 5. The van der Waals surface area contributed by atoms with Crippen LogP contribution in [0.1, 0.15) is 46.2 Å². The maximum Gasteiger partial charge on any atom is 0.203 e. The summed E-state index contributed by atoms with van der Waals surface area (Å²) in [6, 6.07) is 0. The molecule has 0 saturated heterocycles. The Labute approximate surface area is 92.9 Å². The van der Waals surface area contributed by atoms with E-state index in [1.807, 2.05) is 6.92 Å². The molecule has 1 aromatic rings. The lowest BCUT2D eigenvalue weighted by atomic mass is 10.0. The molecular formula is C12H23N3. The number of nitrogens with zero attached hydrogens (tertiary/aromatic N) is 2. The fourth-order valence-corrected chi connectivity index (χ4v) is 1.45. The van der Waals surface area contributed by atoms with Gasteiger partial charge in [0.15, 0.2) is 0 Å². The minimum absolute atomic E-state index is 0.114. The maximum absolute atomic E-state index is 4.51. The van der Waals surface area contributed by atoms with Crippen LogP contribution in [0.15, 0.2) is 6.20 Å². The first-order valence-electron chi connectivity index (χ1n) is 5.80. The molecule has 3 heteroatoms. The Morgan fingerprint density at radius 1 is 1.40 bits per heavy atom. The number of nitrogens with one attached hydrogen (secondary N) is 1. The third-order valence-corrected chi connectivity index (χ3v) is 2.70. The van der Waals surface area contributed by atoms with E-state index < -0.39 is 0 Å². The van der Waals surface area contributed by atoms with Crippen molar-refractivity contribution in [2.75, 3.05) is 5.32 Å². The van der Waals surface area contributed by atoms with Gasteiger partial charge in [-0.1, -0.05) is 13.8 Å². The lowest BCUT2D eigenvalue weighted by molar-refractivity contribution is 0.533. The summed E-state index contributed by atoms with van der Waals surface area (Å²) < 4.78 is 2.20. The van der Waals surface area contributed by atoms with Crippen molar-refractivity contribution in [3.63, 3.8) is 0 Å². The molecule has 15 heavy (non-hydrogen) atoms. The molecule has 0 aromatic carbocycles. The number of aromatic nitrogens is 2. The quantitative estimate of drug-likeness (QED) is 0.807.